The van der Waals surface area contributed by atoms with Crippen molar-refractivity contribution in [2.75, 3.05) is 38.3 Å². The van der Waals surface area contributed by atoms with Crippen LogP contribution in [0.3, 0.4) is 0 Å². The quantitative estimate of drug-likeness (QED) is 0.185. The summed E-state index contributed by atoms with van der Waals surface area (Å²) in [5, 5.41) is 19.9. The average Bonchev–Trinajstić information content (AvgIpc) is 2.79. The molecule has 2 aromatic rings. The van der Waals surface area contributed by atoms with E-state index in [-0.39, 0.29) is 34.7 Å². The second-order valence-corrected chi connectivity index (χ2v) is 10.0. The number of anilines is 1. The lowest BCUT2D eigenvalue weighted by Gasteiger charge is -2.23. The first-order valence-electron chi connectivity index (χ1n) is 10.1. The van der Waals surface area contributed by atoms with Crippen LogP contribution in [0.4, 0.5) is 11.4 Å². The molecule has 0 saturated heterocycles. The van der Waals surface area contributed by atoms with Gasteiger partial charge in [0.05, 0.1) is 23.3 Å². The highest BCUT2D eigenvalue weighted by atomic mass is 32.2. The maximum absolute atomic E-state index is 11.6. The first kappa shape index (κ1) is 26.6. The van der Waals surface area contributed by atoms with Gasteiger partial charge in [-0.25, -0.2) is 13.6 Å². The number of nitro benzene ring substituents is 1. The highest BCUT2D eigenvalue weighted by Crippen LogP contribution is 2.29. The van der Waals surface area contributed by atoms with Crippen molar-refractivity contribution < 1.29 is 22.9 Å². The van der Waals surface area contributed by atoms with Crippen molar-refractivity contribution in [2.45, 2.75) is 28.7 Å². The van der Waals surface area contributed by atoms with E-state index in [1.807, 2.05) is 42.3 Å². The molecule has 0 heterocycles. The first-order chi connectivity index (χ1) is 15.6. The maximum Gasteiger partial charge on any atom is 0.306 e. The predicted molar refractivity (Wildman–Crippen MR) is 128 cm³/mol. The van der Waals surface area contributed by atoms with Gasteiger partial charge in [-0.3, -0.25) is 14.9 Å². The third-order valence-electron chi connectivity index (χ3n) is 4.83. The normalized spacial score (nSPS) is 12.4. The number of sulfonamides is 1. The van der Waals surface area contributed by atoms with Crippen LogP contribution >= 0.6 is 11.8 Å². The van der Waals surface area contributed by atoms with E-state index < -0.39 is 14.9 Å². The summed E-state index contributed by atoms with van der Waals surface area (Å²) in [6.45, 7) is 1.15. The fraction of sp³-hybridized carbons (Fsp3) is 0.381. The van der Waals surface area contributed by atoms with Gasteiger partial charge in [0, 0.05) is 29.3 Å². The molecule has 0 fully saturated rings. The number of nitrogens with zero attached hydrogens (tertiary/aromatic N) is 2. The smallest absolute Gasteiger partial charge is 0.306 e. The lowest BCUT2D eigenvalue weighted by Crippen LogP contribution is -2.31. The number of carbonyl (C=O) groups excluding carboxylic acids is 1. The molecule has 0 aliphatic heterocycles. The third kappa shape index (κ3) is 9.00. The Hall–Kier alpha value is -2.67. The maximum atomic E-state index is 11.6. The summed E-state index contributed by atoms with van der Waals surface area (Å²) < 4.78 is 27.9. The fourth-order valence-electron chi connectivity index (χ4n) is 2.96. The Morgan fingerprint density at radius 3 is 2.55 bits per heavy atom. The summed E-state index contributed by atoms with van der Waals surface area (Å²) in [6, 6.07) is 13.1. The van der Waals surface area contributed by atoms with E-state index in [0.717, 1.165) is 11.0 Å². The Kier molecular flexibility index (Phi) is 10.1. The molecule has 2 rings (SSSR count). The average molecular weight is 497 g/mol. The summed E-state index contributed by atoms with van der Waals surface area (Å²) in [4.78, 5) is 25.0. The second-order valence-electron chi connectivity index (χ2n) is 7.36. The minimum Gasteiger partial charge on any atom is -0.469 e. The van der Waals surface area contributed by atoms with Crippen LogP contribution in [-0.4, -0.2) is 63.3 Å². The minimum absolute atomic E-state index is 0.171. The molecule has 12 heteroatoms. The summed E-state index contributed by atoms with van der Waals surface area (Å²) in [6.07, 6.45) is 0.899. The first-order valence-corrected chi connectivity index (χ1v) is 12.6. The Balaban J connectivity index is 2.16. The molecule has 0 saturated carbocycles. The zero-order chi connectivity index (χ0) is 24.4. The molecule has 0 amide bonds. The number of methoxy groups -OCH3 is 1. The molecule has 0 aromatic heterocycles. The highest BCUT2D eigenvalue weighted by molar-refractivity contribution is 7.99. The Morgan fingerprint density at radius 2 is 1.94 bits per heavy atom. The number of rotatable bonds is 13. The zero-order valence-electron chi connectivity index (χ0n) is 18.5. The van der Waals surface area contributed by atoms with Gasteiger partial charge in [-0.05, 0) is 44.3 Å². The molecule has 33 heavy (non-hydrogen) atoms. The number of nitrogens with one attached hydrogen (secondary N) is 1. The molecule has 3 N–H and O–H groups in total. The lowest BCUT2D eigenvalue weighted by atomic mass is 10.2. The van der Waals surface area contributed by atoms with Crippen LogP contribution in [0.15, 0.2) is 58.3 Å². The van der Waals surface area contributed by atoms with Crippen molar-refractivity contribution in [1.29, 1.82) is 0 Å². The number of esters is 1. The molecule has 1 atom stereocenters. The second kappa shape index (κ2) is 12.5. The fourth-order valence-corrected chi connectivity index (χ4v) is 4.49. The summed E-state index contributed by atoms with van der Waals surface area (Å²) >= 11 is 1.60. The molecule has 2 aromatic carbocycles. The molecule has 180 valence electrons. The van der Waals surface area contributed by atoms with Crippen LogP contribution in [0.5, 0.6) is 0 Å². The number of hydrogen-bond donors (Lipinski definition) is 2. The third-order valence-corrected chi connectivity index (χ3v) is 6.92. The van der Waals surface area contributed by atoms with E-state index in [0.29, 0.717) is 25.3 Å². The van der Waals surface area contributed by atoms with Crippen molar-refractivity contribution in [2.24, 2.45) is 5.14 Å². The van der Waals surface area contributed by atoms with Crippen LogP contribution in [0.1, 0.15) is 12.8 Å². The highest BCUT2D eigenvalue weighted by Gasteiger charge is 2.21. The molecular formula is C21H28N4O6S2. The van der Waals surface area contributed by atoms with E-state index in [1.54, 1.807) is 11.8 Å². The number of ether oxygens (including phenoxy) is 1. The van der Waals surface area contributed by atoms with Gasteiger partial charge in [-0.15, -0.1) is 11.8 Å². The Morgan fingerprint density at radius 1 is 1.24 bits per heavy atom. The van der Waals surface area contributed by atoms with E-state index in [1.165, 1.54) is 19.2 Å². The summed E-state index contributed by atoms with van der Waals surface area (Å²) in [5.41, 5.74) is -0.154. The van der Waals surface area contributed by atoms with Crippen LogP contribution in [0, 0.1) is 10.1 Å². The van der Waals surface area contributed by atoms with Crippen LogP contribution in [0.25, 0.3) is 0 Å². The number of nitro groups is 1. The van der Waals surface area contributed by atoms with Crippen LogP contribution < -0.4 is 10.5 Å². The molecule has 10 nitrogen and oxygen atoms in total. The van der Waals surface area contributed by atoms with Gasteiger partial charge < -0.3 is 15.0 Å². The van der Waals surface area contributed by atoms with Gasteiger partial charge in [0.15, 0.2) is 0 Å². The lowest BCUT2D eigenvalue weighted by molar-refractivity contribution is -0.384. The Labute approximate surface area is 197 Å². The number of carbonyl (C=O) groups is 1. The van der Waals surface area contributed by atoms with E-state index in [4.69, 9.17) is 5.14 Å². The number of primary sulfonamides is 1. The van der Waals surface area contributed by atoms with Crippen molar-refractivity contribution in [1.82, 2.24) is 4.90 Å². The number of hydrogen-bond acceptors (Lipinski definition) is 9. The molecule has 0 spiro atoms. The van der Waals surface area contributed by atoms with Gasteiger partial charge in [0.2, 0.25) is 10.0 Å². The van der Waals surface area contributed by atoms with Gasteiger partial charge in [-0.2, -0.15) is 0 Å². The van der Waals surface area contributed by atoms with Gasteiger partial charge >= 0.3 is 5.97 Å². The zero-order valence-corrected chi connectivity index (χ0v) is 20.1. The van der Waals surface area contributed by atoms with Gasteiger partial charge in [0.25, 0.3) is 5.69 Å². The van der Waals surface area contributed by atoms with Crippen molar-refractivity contribution in [3.05, 3.63) is 58.6 Å². The van der Waals surface area contributed by atoms with Crippen molar-refractivity contribution in [3.8, 4) is 0 Å². The minimum atomic E-state index is -4.07. The largest absolute Gasteiger partial charge is 0.469 e. The van der Waals surface area contributed by atoms with Crippen molar-refractivity contribution >= 4 is 39.1 Å². The molecule has 0 aliphatic carbocycles. The van der Waals surface area contributed by atoms with E-state index >= 15 is 0 Å². The summed E-state index contributed by atoms with van der Waals surface area (Å²) in [7, 11) is -0.841. The molecule has 0 aliphatic rings. The van der Waals surface area contributed by atoms with Crippen molar-refractivity contribution in [3.63, 3.8) is 0 Å². The number of thioether (sulfide) groups is 1. The number of nitrogens with two attached hydrogens (primary N) is 1. The SMILES string of the molecule is COC(=O)CCN(C)CCC(CSc1ccccc1)Nc1ccc(S(N)(=O)=O)cc1[N+](=O)[O-]. The van der Waals surface area contributed by atoms with Gasteiger partial charge in [0.1, 0.15) is 5.69 Å². The van der Waals surface area contributed by atoms with Gasteiger partial charge in [-0.1, -0.05) is 18.2 Å². The van der Waals surface area contributed by atoms with E-state index in [2.05, 4.69) is 10.1 Å². The Bertz CT molecular complexity index is 1050. The monoisotopic (exact) mass is 496 g/mol. The van der Waals surface area contributed by atoms with E-state index in [9.17, 15) is 23.3 Å². The standard InChI is InChI=1S/C21H28N4O6S2/c1-24(13-11-21(26)31-2)12-10-16(15-32-17-6-4-3-5-7-17)23-19-9-8-18(33(22,29)30)14-20(19)25(27)28/h3-9,14,16,23H,10-13,15H2,1-2H3,(H2,22,29,30). The molecule has 0 bridgehead atoms. The molecule has 0 radical (unpaired) electrons. The van der Waals surface area contributed by atoms with Crippen LogP contribution in [0.2, 0.25) is 0 Å². The predicted octanol–water partition coefficient (Wildman–Crippen LogP) is 2.70. The summed E-state index contributed by atoms with van der Waals surface area (Å²) in [5.74, 6) is 0.324. The molecular weight excluding hydrogens is 468 g/mol. The van der Waals surface area contributed by atoms with Crippen LogP contribution in [-0.2, 0) is 19.6 Å². The topological polar surface area (TPSA) is 145 Å². The number of benzene rings is 2. The molecule has 1 unspecified atom stereocenters.